The van der Waals surface area contributed by atoms with Crippen molar-refractivity contribution < 1.29 is 14.3 Å². The summed E-state index contributed by atoms with van der Waals surface area (Å²) in [6.45, 7) is 0.786. The standard InChI is InChI=1S/C19H17FN4O2/c20-13-2-3-15-14(8-13)12(9-22-15)1-4-18-23-10-17(24-18)16-7-11(19(25)26)5-6-21-16/h2-3,5-8,10,12,22H,1,4,9H2,(H,23,24)(H,25,26). The number of aromatic nitrogens is 3. The Balaban J connectivity index is 1.46. The molecule has 0 fully saturated rings. The summed E-state index contributed by atoms with van der Waals surface area (Å²) in [5.74, 6) is -0.179. The second-order valence-corrected chi connectivity index (χ2v) is 6.32. The van der Waals surface area contributed by atoms with Gasteiger partial charge >= 0.3 is 5.97 Å². The Morgan fingerprint density at radius 2 is 2.15 bits per heavy atom. The molecule has 3 N–H and O–H groups in total. The lowest BCUT2D eigenvalue weighted by molar-refractivity contribution is 0.0697. The maximum absolute atomic E-state index is 13.5. The number of aromatic amines is 1. The average molecular weight is 352 g/mol. The highest BCUT2D eigenvalue weighted by Crippen LogP contribution is 2.34. The van der Waals surface area contributed by atoms with Gasteiger partial charge in [-0.15, -0.1) is 0 Å². The first-order valence-electron chi connectivity index (χ1n) is 8.37. The van der Waals surface area contributed by atoms with Gasteiger partial charge in [0.1, 0.15) is 17.3 Å². The van der Waals surface area contributed by atoms with Crippen molar-refractivity contribution in [3.63, 3.8) is 0 Å². The van der Waals surface area contributed by atoms with Crippen molar-refractivity contribution in [1.82, 2.24) is 15.0 Å². The Labute approximate surface area is 149 Å². The zero-order chi connectivity index (χ0) is 18.1. The van der Waals surface area contributed by atoms with Crippen molar-refractivity contribution in [2.75, 3.05) is 11.9 Å². The molecule has 0 saturated heterocycles. The first kappa shape index (κ1) is 16.3. The van der Waals surface area contributed by atoms with Crippen LogP contribution in [0.1, 0.15) is 34.1 Å². The minimum atomic E-state index is -0.996. The van der Waals surface area contributed by atoms with Gasteiger partial charge in [-0.3, -0.25) is 4.98 Å². The fourth-order valence-electron chi connectivity index (χ4n) is 3.27. The number of nitrogens with zero attached hydrogens (tertiary/aromatic N) is 2. The van der Waals surface area contributed by atoms with Crippen molar-refractivity contribution >= 4 is 11.7 Å². The number of halogens is 1. The number of carboxylic acids is 1. The second kappa shape index (κ2) is 6.59. The van der Waals surface area contributed by atoms with Gasteiger partial charge in [-0.1, -0.05) is 0 Å². The summed E-state index contributed by atoms with van der Waals surface area (Å²) < 4.78 is 13.5. The number of hydrogen-bond acceptors (Lipinski definition) is 4. The van der Waals surface area contributed by atoms with Crippen LogP contribution in [0.3, 0.4) is 0 Å². The molecule has 0 radical (unpaired) electrons. The molecule has 0 aliphatic carbocycles. The highest BCUT2D eigenvalue weighted by atomic mass is 19.1. The molecule has 1 unspecified atom stereocenters. The lowest BCUT2D eigenvalue weighted by atomic mass is 9.96. The van der Waals surface area contributed by atoms with E-state index in [0.717, 1.165) is 30.0 Å². The molecule has 6 nitrogen and oxygen atoms in total. The molecule has 1 atom stereocenters. The zero-order valence-electron chi connectivity index (χ0n) is 13.9. The molecule has 0 saturated carbocycles. The van der Waals surface area contributed by atoms with E-state index in [9.17, 15) is 9.18 Å². The van der Waals surface area contributed by atoms with Crippen molar-refractivity contribution in [2.24, 2.45) is 0 Å². The summed E-state index contributed by atoms with van der Waals surface area (Å²) in [6.07, 6.45) is 4.73. The van der Waals surface area contributed by atoms with E-state index < -0.39 is 5.97 Å². The number of aromatic carboxylic acids is 1. The first-order chi connectivity index (χ1) is 12.6. The summed E-state index contributed by atoms with van der Waals surface area (Å²) in [5, 5.41) is 12.4. The van der Waals surface area contributed by atoms with Crippen LogP contribution in [-0.4, -0.2) is 32.6 Å². The number of H-pyrrole nitrogens is 1. The number of pyridine rings is 1. The van der Waals surface area contributed by atoms with Crippen LogP contribution in [0.25, 0.3) is 11.4 Å². The van der Waals surface area contributed by atoms with Crippen LogP contribution in [0, 0.1) is 5.82 Å². The molecule has 4 rings (SSSR count). The quantitative estimate of drug-likeness (QED) is 0.654. The van der Waals surface area contributed by atoms with Crippen LogP contribution in [0.15, 0.2) is 42.7 Å². The number of fused-ring (bicyclic) bond motifs is 1. The van der Waals surface area contributed by atoms with E-state index in [0.29, 0.717) is 17.8 Å². The molecule has 1 aliphatic rings. The van der Waals surface area contributed by atoms with Crippen molar-refractivity contribution in [3.8, 4) is 11.4 Å². The largest absolute Gasteiger partial charge is 0.478 e. The van der Waals surface area contributed by atoms with Crippen LogP contribution < -0.4 is 5.32 Å². The van der Waals surface area contributed by atoms with Gasteiger partial charge < -0.3 is 15.4 Å². The maximum Gasteiger partial charge on any atom is 0.335 e. The van der Waals surface area contributed by atoms with Crippen LogP contribution in [0.2, 0.25) is 0 Å². The summed E-state index contributed by atoms with van der Waals surface area (Å²) in [6, 6.07) is 7.78. The van der Waals surface area contributed by atoms with Crippen molar-refractivity contribution in [2.45, 2.75) is 18.8 Å². The number of imidazole rings is 1. The Hall–Kier alpha value is -3.22. The van der Waals surface area contributed by atoms with Gasteiger partial charge in [0, 0.05) is 37.0 Å². The molecule has 3 heterocycles. The number of rotatable bonds is 5. The Morgan fingerprint density at radius 3 is 3.00 bits per heavy atom. The van der Waals surface area contributed by atoms with E-state index in [1.165, 1.54) is 24.4 Å². The third kappa shape index (κ3) is 3.15. The van der Waals surface area contributed by atoms with Gasteiger partial charge in [0.15, 0.2) is 0 Å². The van der Waals surface area contributed by atoms with Crippen LogP contribution >= 0.6 is 0 Å². The topological polar surface area (TPSA) is 90.9 Å². The maximum atomic E-state index is 13.5. The monoisotopic (exact) mass is 352 g/mol. The molecule has 1 aliphatic heterocycles. The van der Waals surface area contributed by atoms with E-state index in [1.54, 1.807) is 18.3 Å². The number of hydrogen-bond donors (Lipinski definition) is 3. The molecular weight excluding hydrogens is 335 g/mol. The number of benzene rings is 1. The predicted molar refractivity (Wildman–Crippen MR) is 94.7 cm³/mol. The smallest absolute Gasteiger partial charge is 0.335 e. The Bertz CT molecular complexity index is 970. The number of nitrogens with one attached hydrogen (secondary N) is 2. The van der Waals surface area contributed by atoms with E-state index >= 15 is 0 Å². The number of anilines is 1. The van der Waals surface area contributed by atoms with Crippen molar-refractivity contribution in [3.05, 3.63) is 65.5 Å². The normalized spacial score (nSPS) is 15.5. The molecule has 132 valence electrons. The van der Waals surface area contributed by atoms with Gasteiger partial charge in [-0.2, -0.15) is 0 Å². The third-order valence-electron chi connectivity index (χ3n) is 4.62. The number of carbonyl (C=O) groups is 1. The van der Waals surface area contributed by atoms with Crippen LogP contribution in [0.5, 0.6) is 0 Å². The zero-order valence-corrected chi connectivity index (χ0v) is 13.9. The minimum absolute atomic E-state index is 0.176. The molecule has 1 aromatic carbocycles. The number of carboxylic acid groups (broad SMARTS) is 1. The van der Waals surface area contributed by atoms with Crippen LogP contribution in [-0.2, 0) is 6.42 Å². The van der Waals surface area contributed by atoms with Gasteiger partial charge in [-0.25, -0.2) is 14.2 Å². The molecule has 26 heavy (non-hydrogen) atoms. The van der Waals surface area contributed by atoms with E-state index in [1.807, 2.05) is 0 Å². The van der Waals surface area contributed by atoms with Gasteiger partial charge in [0.2, 0.25) is 0 Å². The first-order valence-corrected chi connectivity index (χ1v) is 8.37. The Morgan fingerprint density at radius 1 is 1.27 bits per heavy atom. The van der Waals surface area contributed by atoms with Gasteiger partial charge in [0.05, 0.1) is 11.3 Å². The van der Waals surface area contributed by atoms with Gasteiger partial charge in [0.25, 0.3) is 0 Å². The predicted octanol–water partition coefficient (Wildman–Crippen LogP) is 3.45. The van der Waals surface area contributed by atoms with Crippen molar-refractivity contribution in [1.29, 1.82) is 0 Å². The molecule has 0 spiro atoms. The lowest BCUT2D eigenvalue weighted by Crippen LogP contribution is -2.04. The molecule has 7 heteroatoms. The van der Waals surface area contributed by atoms with E-state index in [4.69, 9.17) is 5.11 Å². The molecular formula is C19H17FN4O2. The lowest BCUT2D eigenvalue weighted by Gasteiger charge is -2.08. The molecule has 3 aromatic rings. The van der Waals surface area contributed by atoms with E-state index in [-0.39, 0.29) is 17.3 Å². The average Bonchev–Trinajstić information content (AvgIpc) is 3.27. The molecule has 2 aromatic heterocycles. The fourth-order valence-corrected chi connectivity index (χ4v) is 3.27. The third-order valence-corrected chi connectivity index (χ3v) is 4.62. The highest BCUT2D eigenvalue weighted by Gasteiger charge is 2.22. The van der Waals surface area contributed by atoms with Gasteiger partial charge in [-0.05, 0) is 42.3 Å². The second-order valence-electron chi connectivity index (χ2n) is 6.32. The summed E-state index contributed by atoms with van der Waals surface area (Å²) >= 11 is 0. The summed E-state index contributed by atoms with van der Waals surface area (Å²) in [5.41, 5.74) is 3.30. The molecule has 0 amide bonds. The minimum Gasteiger partial charge on any atom is -0.478 e. The number of aryl methyl sites for hydroxylation is 1. The molecule has 0 bridgehead atoms. The van der Waals surface area contributed by atoms with E-state index in [2.05, 4.69) is 20.3 Å². The van der Waals surface area contributed by atoms with Crippen LogP contribution in [0.4, 0.5) is 10.1 Å². The fraction of sp³-hybridized carbons (Fsp3) is 0.211. The SMILES string of the molecule is O=C(O)c1ccnc(-c2c[nH]c(CCC3CNc4ccc(F)cc43)n2)c1. The summed E-state index contributed by atoms with van der Waals surface area (Å²) in [4.78, 5) is 22.9. The summed E-state index contributed by atoms with van der Waals surface area (Å²) in [7, 11) is 0. The Kier molecular flexibility index (Phi) is 4.12. The highest BCUT2D eigenvalue weighted by molar-refractivity contribution is 5.88.